The summed E-state index contributed by atoms with van der Waals surface area (Å²) in [6.45, 7) is 1.15. The van der Waals surface area contributed by atoms with E-state index in [0.29, 0.717) is 18.9 Å². The third-order valence-corrected chi connectivity index (χ3v) is 5.30. The van der Waals surface area contributed by atoms with Gasteiger partial charge in [0.15, 0.2) is 11.0 Å². The number of ether oxygens (including phenoxy) is 1. The van der Waals surface area contributed by atoms with Crippen molar-refractivity contribution in [2.45, 2.75) is 17.5 Å². The van der Waals surface area contributed by atoms with E-state index in [1.165, 1.54) is 23.9 Å². The van der Waals surface area contributed by atoms with Gasteiger partial charge in [0.05, 0.1) is 18.7 Å². The van der Waals surface area contributed by atoms with Crippen LogP contribution in [-0.4, -0.2) is 38.4 Å². The summed E-state index contributed by atoms with van der Waals surface area (Å²) in [5.74, 6) is 1.02. The monoisotopic (exact) mass is 395 g/mol. The summed E-state index contributed by atoms with van der Waals surface area (Å²) in [5, 5.41) is 10.2. The van der Waals surface area contributed by atoms with Gasteiger partial charge in [-0.15, -0.1) is 10.2 Å². The number of halogens is 1. The molecule has 28 heavy (non-hydrogen) atoms. The molecule has 0 N–H and O–H groups in total. The number of pyridine rings is 2. The van der Waals surface area contributed by atoms with E-state index in [1.807, 2.05) is 22.8 Å². The third kappa shape index (κ3) is 3.88. The van der Waals surface area contributed by atoms with Crippen molar-refractivity contribution in [3.63, 3.8) is 0 Å². The first kappa shape index (κ1) is 18.5. The number of hydrogen-bond acceptors (Lipinski definition) is 6. The first-order valence-corrected chi connectivity index (χ1v) is 9.73. The second-order valence-electron chi connectivity index (χ2n) is 6.12. The van der Waals surface area contributed by atoms with Crippen molar-refractivity contribution in [2.75, 3.05) is 13.7 Å². The molecular weight excluding hydrogens is 377 g/mol. The zero-order valence-electron chi connectivity index (χ0n) is 15.2. The summed E-state index contributed by atoms with van der Waals surface area (Å²) < 4.78 is 21.3. The minimum atomic E-state index is -0.269. The highest BCUT2D eigenvalue weighted by molar-refractivity contribution is 7.98. The number of thioether (sulfide) groups is 1. The Morgan fingerprint density at radius 1 is 1.11 bits per heavy atom. The average molecular weight is 395 g/mol. The molecule has 1 aromatic carbocycles. The summed E-state index contributed by atoms with van der Waals surface area (Å²) >= 11 is 1.50. The molecule has 0 bridgehead atoms. The molecule has 6 nitrogen and oxygen atoms in total. The Morgan fingerprint density at radius 3 is 2.79 bits per heavy atom. The summed E-state index contributed by atoms with van der Waals surface area (Å²) in [7, 11) is 1.66. The van der Waals surface area contributed by atoms with Crippen molar-refractivity contribution in [2.24, 2.45) is 0 Å². The van der Waals surface area contributed by atoms with Gasteiger partial charge in [0.1, 0.15) is 5.82 Å². The molecule has 0 unspecified atom stereocenters. The molecule has 4 aromatic rings. The topological polar surface area (TPSA) is 65.7 Å². The van der Waals surface area contributed by atoms with Crippen LogP contribution in [0.3, 0.4) is 0 Å². The Hall–Kier alpha value is -2.84. The molecule has 0 aliphatic rings. The van der Waals surface area contributed by atoms with Gasteiger partial charge < -0.3 is 4.74 Å². The fourth-order valence-electron chi connectivity index (χ4n) is 2.97. The molecule has 8 heteroatoms. The van der Waals surface area contributed by atoms with Crippen LogP contribution >= 0.6 is 11.8 Å². The number of benzene rings is 1. The minimum absolute atomic E-state index is 0.269. The van der Waals surface area contributed by atoms with Gasteiger partial charge in [0.2, 0.25) is 0 Å². The van der Waals surface area contributed by atoms with Crippen LogP contribution in [0.5, 0.6) is 0 Å². The van der Waals surface area contributed by atoms with E-state index in [1.54, 1.807) is 31.8 Å². The van der Waals surface area contributed by atoms with Crippen LogP contribution < -0.4 is 0 Å². The molecule has 3 aromatic heterocycles. The molecule has 0 aliphatic heterocycles. The van der Waals surface area contributed by atoms with Gasteiger partial charge in [0.25, 0.3) is 0 Å². The van der Waals surface area contributed by atoms with Gasteiger partial charge in [-0.05, 0) is 35.9 Å². The van der Waals surface area contributed by atoms with Crippen LogP contribution in [0.2, 0.25) is 0 Å². The maximum Gasteiger partial charge on any atom is 0.191 e. The lowest BCUT2D eigenvalue weighted by Gasteiger charge is -2.10. The molecule has 0 radical (unpaired) electrons. The van der Waals surface area contributed by atoms with E-state index < -0.39 is 0 Å². The highest BCUT2D eigenvalue weighted by Crippen LogP contribution is 2.29. The number of hydrogen-bond donors (Lipinski definition) is 0. The van der Waals surface area contributed by atoms with Crippen molar-refractivity contribution >= 4 is 22.7 Å². The van der Waals surface area contributed by atoms with E-state index in [0.717, 1.165) is 33.0 Å². The van der Waals surface area contributed by atoms with Crippen molar-refractivity contribution in [1.82, 2.24) is 24.7 Å². The first-order valence-electron chi connectivity index (χ1n) is 8.75. The molecule has 0 atom stereocenters. The Kier molecular flexibility index (Phi) is 5.59. The standard InChI is InChI=1S/C20H18FN5OS/c1-27-10-9-26-19(14-4-7-22-8-5-14)24-25-20(26)28-13-16-12-17(21)11-15-3-2-6-23-18(15)16/h2-8,11-12H,9-10,13H2,1H3. The Labute approximate surface area is 165 Å². The molecule has 0 saturated carbocycles. The van der Waals surface area contributed by atoms with Gasteiger partial charge in [0, 0.05) is 42.4 Å². The summed E-state index contributed by atoms with van der Waals surface area (Å²) in [4.78, 5) is 8.46. The largest absolute Gasteiger partial charge is 0.383 e. The molecule has 4 rings (SSSR count). The Bertz CT molecular complexity index is 1090. The van der Waals surface area contributed by atoms with E-state index in [9.17, 15) is 4.39 Å². The quantitative estimate of drug-likeness (QED) is 0.441. The molecule has 142 valence electrons. The lowest BCUT2D eigenvalue weighted by molar-refractivity contribution is 0.185. The Balaban J connectivity index is 1.64. The zero-order chi connectivity index (χ0) is 19.3. The molecule has 0 spiro atoms. The SMILES string of the molecule is COCCn1c(SCc2cc(F)cc3cccnc23)nnc1-c1ccncc1. The van der Waals surface area contributed by atoms with Gasteiger partial charge >= 0.3 is 0 Å². The van der Waals surface area contributed by atoms with Crippen LogP contribution in [0, 0.1) is 5.82 Å². The Morgan fingerprint density at radius 2 is 1.96 bits per heavy atom. The van der Waals surface area contributed by atoms with E-state index in [2.05, 4.69) is 20.2 Å². The molecular formula is C20H18FN5OS. The van der Waals surface area contributed by atoms with Crippen molar-refractivity contribution in [1.29, 1.82) is 0 Å². The predicted octanol–water partition coefficient (Wildman–Crippen LogP) is 3.97. The number of fused-ring (bicyclic) bond motifs is 1. The van der Waals surface area contributed by atoms with Gasteiger partial charge in [-0.2, -0.15) is 0 Å². The highest BCUT2D eigenvalue weighted by Gasteiger charge is 2.15. The summed E-state index contributed by atoms with van der Waals surface area (Å²) in [6.07, 6.45) is 5.17. The minimum Gasteiger partial charge on any atom is -0.383 e. The second-order valence-corrected chi connectivity index (χ2v) is 7.06. The second kappa shape index (κ2) is 8.45. The van der Waals surface area contributed by atoms with E-state index in [-0.39, 0.29) is 5.82 Å². The maximum absolute atomic E-state index is 14.0. The zero-order valence-corrected chi connectivity index (χ0v) is 16.1. The molecule has 0 aliphatic carbocycles. The van der Waals surface area contributed by atoms with Crippen LogP contribution in [0.15, 0.2) is 60.1 Å². The van der Waals surface area contributed by atoms with Crippen molar-refractivity contribution in [3.8, 4) is 11.4 Å². The van der Waals surface area contributed by atoms with Crippen LogP contribution in [0.4, 0.5) is 4.39 Å². The number of methoxy groups -OCH3 is 1. The third-order valence-electron chi connectivity index (χ3n) is 4.28. The molecule has 0 saturated heterocycles. The number of rotatable bonds is 7. The average Bonchev–Trinajstić information content (AvgIpc) is 3.13. The number of aromatic nitrogens is 5. The molecule has 3 heterocycles. The normalized spacial score (nSPS) is 11.2. The predicted molar refractivity (Wildman–Crippen MR) is 106 cm³/mol. The summed E-state index contributed by atoms with van der Waals surface area (Å²) in [5.41, 5.74) is 2.56. The number of nitrogens with zero attached hydrogens (tertiary/aromatic N) is 5. The fourth-order valence-corrected chi connectivity index (χ4v) is 3.91. The smallest absolute Gasteiger partial charge is 0.191 e. The van der Waals surface area contributed by atoms with E-state index in [4.69, 9.17) is 4.74 Å². The summed E-state index contributed by atoms with van der Waals surface area (Å²) in [6, 6.07) is 10.5. The highest BCUT2D eigenvalue weighted by atomic mass is 32.2. The maximum atomic E-state index is 14.0. The lowest BCUT2D eigenvalue weighted by atomic mass is 10.1. The van der Waals surface area contributed by atoms with Gasteiger partial charge in [-0.3, -0.25) is 14.5 Å². The first-order chi connectivity index (χ1) is 13.8. The fraction of sp³-hybridized carbons (Fsp3) is 0.200. The van der Waals surface area contributed by atoms with Gasteiger partial charge in [-0.1, -0.05) is 17.8 Å². The molecule has 0 fully saturated rings. The van der Waals surface area contributed by atoms with Crippen LogP contribution in [0.1, 0.15) is 5.56 Å². The van der Waals surface area contributed by atoms with Crippen LogP contribution in [-0.2, 0) is 17.0 Å². The lowest BCUT2D eigenvalue weighted by Crippen LogP contribution is -2.07. The molecule has 0 amide bonds. The van der Waals surface area contributed by atoms with E-state index >= 15 is 0 Å². The van der Waals surface area contributed by atoms with Crippen molar-refractivity contribution in [3.05, 3.63) is 66.4 Å². The van der Waals surface area contributed by atoms with Crippen molar-refractivity contribution < 1.29 is 9.13 Å². The van der Waals surface area contributed by atoms with Crippen LogP contribution in [0.25, 0.3) is 22.3 Å². The van der Waals surface area contributed by atoms with Gasteiger partial charge in [-0.25, -0.2) is 4.39 Å².